The highest BCUT2D eigenvalue weighted by Gasteiger charge is 2.16. The molecule has 0 aliphatic carbocycles. The highest BCUT2D eigenvalue weighted by Crippen LogP contribution is 2.20. The van der Waals surface area contributed by atoms with Crippen molar-refractivity contribution in [1.29, 1.82) is 0 Å². The van der Waals surface area contributed by atoms with E-state index in [1.54, 1.807) is 6.07 Å². The van der Waals surface area contributed by atoms with Crippen molar-refractivity contribution in [2.24, 2.45) is 0 Å². The molecular weight excluding hydrogens is 368 g/mol. The lowest BCUT2D eigenvalue weighted by Gasteiger charge is -2.13. The zero-order valence-electron chi connectivity index (χ0n) is 14.5. The Hall–Kier alpha value is -3.19. The molecule has 0 bridgehead atoms. The lowest BCUT2D eigenvalue weighted by Crippen LogP contribution is -2.54. The highest BCUT2D eigenvalue weighted by molar-refractivity contribution is 6.30. The van der Waals surface area contributed by atoms with Gasteiger partial charge in [-0.1, -0.05) is 42.0 Å². The van der Waals surface area contributed by atoms with E-state index in [0.717, 1.165) is 19.1 Å². The summed E-state index contributed by atoms with van der Waals surface area (Å²) in [5.74, 6) is 0. The minimum Gasteiger partial charge on any atom is -0.247 e. The Kier molecular flexibility index (Phi) is 5.23. The zero-order chi connectivity index (χ0) is 19.6. The molecule has 8 heteroatoms. The maximum absolute atomic E-state index is 12.7. The number of hydrogen-bond acceptors (Lipinski definition) is 4. The molecule has 0 unspecified atom stereocenters. The Morgan fingerprint density at radius 1 is 0.926 bits per heavy atom. The van der Waals surface area contributed by atoms with E-state index in [0.29, 0.717) is 11.1 Å². The molecule has 1 aromatic carbocycles. The topological polar surface area (TPSA) is 78.9 Å². The van der Waals surface area contributed by atoms with Gasteiger partial charge in [0.2, 0.25) is 0 Å². The fourth-order valence-corrected chi connectivity index (χ4v) is 3.01. The molecule has 2 heterocycles. The molecule has 0 atom stereocenters. The molecule has 3 rings (SSSR count). The Morgan fingerprint density at radius 2 is 1.48 bits per heavy atom. The molecule has 0 spiro atoms. The molecular formula is C19H17ClN4O3. The van der Waals surface area contributed by atoms with Crippen LogP contribution in [0.4, 0.5) is 0 Å². The summed E-state index contributed by atoms with van der Waals surface area (Å²) in [5.41, 5.74) is -0.949. The van der Waals surface area contributed by atoms with E-state index in [9.17, 15) is 14.4 Å². The number of para-hydroxylation sites is 1. The lowest BCUT2D eigenvalue weighted by atomic mass is 10.1. The summed E-state index contributed by atoms with van der Waals surface area (Å²) >= 11 is 6.25. The van der Waals surface area contributed by atoms with Crippen LogP contribution < -0.4 is 17.1 Å². The van der Waals surface area contributed by atoms with E-state index in [4.69, 9.17) is 11.6 Å². The second-order valence-corrected chi connectivity index (χ2v) is 6.22. The van der Waals surface area contributed by atoms with E-state index >= 15 is 0 Å². The van der Waals surface area contributed by atoms with Crippen LogP contribution in [0.5, 0.6) is 0 Å². The van der Waals surface area contributed by atoms with Crippen LogP contribution in [0.15, 0.2) is 70.0 Å². The van der Waals surface area contributed by atoms with Gasteiger partial charge in [0.1, 0.15) is 5.15 Å². The molecule has 2 aromatic heterocycles. The van der Waals surface area contributed by atoms with Gasteiger partial charge in [-0.15, -0.1) is 13.2 Å². The van der Waals surface area contributed by atoms with Crippen molar-refractivity contribution >= 4 is 22.5 Å². The number of allylic oxidation sites excluding steroid dienone is 2. The number of hydrogen-bond donors (Lipinski definition) is 0. The predicted octanol–water partition coefficient (Wildman–Crippen LogP) is 1.79. The molecule has 0 aliphatic rings. The van der Waals surface area contributed by atoms with Crippen molar-refractivity contribution in [3.63, 3.8) is 0 Å². The van der Waals surface area contributed by atoms with Gasteiger partial charge >= 0.3 is 17.1 Å². The van der Waals surface area contributed by atoms with E-state index in [1.807, 2.05) is 24.3 Å². The first-order chi connectivity index (χ1) is 13.0. The molecule has 7 nitrogen and oxygen atoms in total. The molecule has 3 aromatic rings. The minimum absolute atomic E-state index is 0.0151. The van der Waals surface area contributed by atoms with Crippen LogP contribution in [0, 0.1) is 0 Å². The van der Waals surface area contributed by atoms with E-state index in [-0.39, 0.29) is 24.8 Å². The van der Waals surface area contributed by atoms with Gasteiger partial charge in [0.05, 0.1) is 25.2 Å². The van der Waals surface area contributed by atoms with Crippen LogP contribution >= 0.6 is 11.6 Å². The third kappa shape index (κ3) is 3.41. The van der Waals surface area contributed by atoms with Gasteiger partial charge in [0.15, 0.2) is 0 Å². The SMILES string of the molecule is C=CCn1c(=O)n(CC=C)c(=O)n(Cc2cc3ccccc3nc2Cl)c1=O. The van der Waals surface area contributed by atoms with Crippen LogP contribution in [-0.4, -0.2) is 18.7 Å². The molecule has 0 amide bonds. The summed E-state index contributed by atoms with van der Waals surface area (Å²) in [5, 5.41) is 1.02. The van der Waals surface area contributed by atoms with Crippen LogP contribution in [0.3, 0.4) is 0 Å². The first kappa shape index (κ1) is 18.6. The summed E-state index contributed by atoms with van der Waals surface area (Å²) in [4.78, 5) is 42.1. The number of nitrogens with zero attached hydrogens (tertiary/aromatic N) is 4. The van der Waals surface area contributed by atoms with Crippen molar-refractivity contribution in [2.45, 2.75) is 19.6 Å². The first-order valence-corrected chi connectivity index (χ1v) is 8.56. The van der Waals surface area contributed by atoms with Gasteiger partial charge in [-0.05, 0) is 12.1 Å². The fraction of sp³-hybridized carbons (Fsp3) is 0.158. The fourth-order valence-electron chi connectivity index (χ4n) is 2.81. The van der Waals surface area contributed by atoms with Gasteiger partial charge in [0, 0.05) is 10.9 Å². The predicted molar refractivity (Wildman–Crippen MR) is 105 cm³/mol. The van der Waals surface area contributed by atoms with Crippen molar-refractivity contribution in [2.75, 3.05) is 0 Å². The standard InChI is InChI=1S/C19H17ClN4O3/c1-3-9-22-17(25)23(10-4-2)19(27)24(18(22)26)12-14-11-13-7-5-6-8-15(13)21-16(14)20/h3-8,11H,1-2,9-10,12H2. The second-order valence-electron chi connectivity index (χ2n) is 5.86. The average Bonchev–Trinajstić information content (AvgIpc) is 2.66. The smallest absolute Gasteiger partial charge is 0.247 e. The number of pyridine rings is 1. The van der Waals surface area contributed by atoms with Crippen LogP contribution in [-0.2, 0) is 19.6 Å². The summed E-state index contributed by atoms with van der Waals surface area (Å²) < 4.78 is 2.85. The minimum atomic E-state index is -0.727. The summed E-state index contributed by atoms with van der Waals surface area (Å²) in [6.45, 7) is 6.96. The molecule has 138 valence electrons. The van der Waals surface area contributed by atoms with Crippen molar-refractivity contribution in [3.8, 4) is 0 Å². The van der Waals surface area contributed by atoms with Crippen LogP contribution in [0.2, 0.25) is 5.15 Å². The molecule has 0 N–H and O–H groups in total. The average molecular weight is 385 g/mol. The van der Waals surface area contributed by atoms with Crippen LogP contribution in [0.1, 0.15) is 5.56 Å². The van der Waals surface area contributed by atoms with Crippen molar-refractivity contribution in [3.05, 3.63) is 97.8 Å². The monoisotopic (exact) mass is 384 g/mol. The molecule has 0 aliphatic heterocycles. The Balaban J connectivity index is 2.23. The second kappa shape index (κ2) is 7.59. The number of fused-ring (bicyclic) bond motifs is 1. The largest absolute Gasteiger partial charge is 0.336 e. The first-order valence-electron chi connectivity index (χ1n) is 8.18. The van der Waals surface area contributed by atoms with E-state index in [2.05, 4.69) is 18.1 Å². The molecule has 0 radical (unpaired) electrons. The summed E-state index contributed by atoms with van der Waals surface area (Å²) in [6.07, 6.45) is 2.83. The van der Waals surface area contributed by atoms with Crippen molar-refractivity contribution in [1.82, 2.24) is 18.7 Å². The van der Waals surface area contributed by atoms with Gasteiger partial charge in [-0.25, -0.2) is 33.1 Å². The quantitative estimate of drug-likeness (QED) is 0.479. The normalized spacial score (nSPS) is 10.9. The number of halogens is 1. The third-order valence-corrected chi connectivity index (χ3v) is 4.41. The molecule has 27 heavy (non-hydrogen) atoms. The van der Waals surface area contributed by atoms with Gasteiger partial charge in [0.25, 0.3) is 0 Å². The molecule has 0 saturated carbocycles. The lowest BCUT2D eigenvalue weighted by molar-refractivity contribution is 0.498. The van der Waals surface area contributed by atoms with Gasteiger partial charge < -0.3 is 0 Å². The Labute approximate surface area is 159 Å². The third-order valence-electron chi connectivity index (χ3n) is 4.09. The van der Waals surface area contributed by atoms with E-state index in [1.165, 1.54) is 12.2 Å². The maximum atomic E-state index is 12.7. The molecule has 0 fully saturated rings. The van der Waals surface area contributed by atoms with Crippen LogP contribution in [0.25, 0.3) is 10.9 Å². The molecule has 0 saturated heterocycles. The number of aromatic nitrogens is 4. The van der Waals surface area contributed by atoms with Gasteiger partial charge in [-0.3, -0.25) is 0 Å². The number of rotatable bonds is 6. The maximum Gasteiger partial charge on any atom is 0.336 e. The Morgan fingerprint density at radius 3 is 2.07 bits per heavy atom. The Bertz CT molecular complexity index is 1170. The highest BCUT2D eigenvalue weighted by atomic mass is 35.5. The van der Waals surface area contributed by atoms with E-state index < -0.39 is 17.1 Å². The van der Waals surface area contributed by atoms with Gasteiger partial charge in [-0.2, -0.15) is 0 Å². The number of benzene rings is 1. The summed E-state index contributed by atoms with van der Waals surface area (Å²) in [7, 11) is 0. The zero-order valence-corrected chi connectivity index (χ0v) is 15.2. The van der Waals surface area contributed by atoms with Crippen molar-refractivity contribution < 1.29 is 0 Å². The summed E-state index contributed by atoms with van der Waals surface area (Å²) in [6, 6.07) is 9.15.